The van der Waals surface area contributed by atoms with E-state index in [0.717, 1.165) is 11.1 Å². The number of aromatic nitrogens is 1. The molecule has 0 amide bonds. The van der Waals surface area contributed by atoms with Gasteiger partial charge in [-0.25, -0.2) is 4.98 Å². The van der Waals surface area contributed by atoms with Crippen LogP contribution in [-0.2, 0) is 30.4 Å². The first-order chi connectivity index (χ1) is 21.2. The normalized spacial score (nSPS) is 41.7. The number of hydroxylamine groups is 1. The van der Waals surface area contributed by atoms with Gasteiger partial charge in [0, 0.05) is 29.6 Å². The minimum atomic E-state index is -1.71. The van der Waals surface area contributed by atoms with Gasteiger partial charge >= 0.3 is 0 Å². The molecule has 0 spiro atoms. The van der Waals surface area contributed by atoms with Crippen LogP contribution in [0.1, 0.15) is 45.2 Å². The van der Waals surface area contributed by atoms with Crippen molar-refractivity contribution in [3.63, 3.8) is 0 Å². The van der Waals surface area contributed by atoms with Crippen molar-refractivity contribution in [1.82, 2.24) is 5.48 Å². The molecule has 15 heteroatoms. The molecular weight excluding hydrogens is 596 g/mol. The smallest absolute Gasteiger partial charge is 0.187 e. The lowest BCUT2D eigenvalue weighted by Gasteiger charge is -2.51. The van der Waals surface area contributed by atoms with E-state index >= 15 is 0 Å². The Morgan fingerprint density at radius 2 is 1.64 bits per heavy atom. The number of aryl methyl sites for hydroxylation is 1. The summed E-state index contributed by atoms with van der Waals surface area (Å²) in [6.07, 6.45) is -12.6. The summed E-state index contributed by atoms with van der Waals surface area (Å²) in [7, 11) is 0. The maximum Gasteiger partial charge on any atom is 0.187 e. The van der Waals surface area contributed by atoms with E-state index in [-0.39, 0.29) is 13.0 Å². The molecule has 3 heterocycles. The van der Waals surface area contributed by atoms with E-state index in [9.17, 15) is 40.9 Å². The Hall–Kier alpha value is -1.41. The molecule has 1 aliphatic carbocycles. The van der Waals surface area contributed by atoms with Crippen molar-refractivity contribution in [1.29, 1.82) is 0 Å². The first-order valence-electron chi connectivity index (χ1n) is 15.3. The van der Waals surface area contributed by atoms with E-state index in [1.807, 2.05) is 40.0 Å². The van der Waals surface area contributed by atoms with E-state index in [2.05, 4.69) is 10.5 Å². The number of rotatable bonds is 10. The van der Waals surface area contributed by atoms with Gasteiger partial charge in [0.05, 0.1) is 37.6 Å². The molecule has 0 aromatic carbocycles. The average molecular weight is 647 g/mol. The molecule has 1 radical (unpaired) electrons. The Morgan fingerprint density at radius 3 is 2.27 bits per heavy atom. The van der Waals surface area contributed by atoms with Gasteiger partial charge in [0.2, 0.25) is 0 Å². The summed E-state index contributed by atoms with van der Waals surface area (Å²) in [4.78, 5) is 8.58. The van der Waals surface area contributed by atoms with Crippen molar-refractivity contribution in [2.75, 3.05) is 13.2 Å². The molecule has 1 aromatic heterocycles. The van der Waals surface area contributed by atoms with Crippen LogP contribution in [0.4, 0.5) is 0 Å². The zero-order valence-electron chi connectivity index (χ0n) is 26.3. The van der Waals surface area contributed by atoms with Gasteiger partial charge in [0.15, 0.2) is 31.0 Å². The molecule has 0 bridgehead atoms. The largest absolute Gasteiger partial charge is 0.396 e. The van der Waals surface area contributed by atoms with Crippen LogP contribution in [0.25, 0.3) is 0 Å². The SMILES string of the molecule is Cc1c[nH+]cc(CON[C@@H]2OC(CO)[C@@H](O[C@@H]3CC(CO)[C@H](O)[C@@H](O)C3C(C)(C)C)[C@@H](O[C@H]3OC(C)[C@H](O)[C@@H](O)C3O)[C]2O)c1. The fourth-order valence-corrected chi connectivity index (χ4v) is 6.48. The number of ether oxygens (including phenoxy) is 4. The Morgan fingerprint density at radius 1 is 0.933 bits per heavy atom. The third-order valence-electron chi connectivity index (χ3n) is 8.93. The molecule has 2 saturated heterocycles. The lowest BCUT2D eigenvalue weighted by atomic mass is 9.65. The van der Waals surface area contributed by atoms with Crippen LogP contribution in [0, 0.1) is 30.3 Å². The van der Waals surface area contributed by atoms with Gasteiger partial charge in [0.1, 0.15) is 36.6 Å². The maximum absolute atomic E-state index is 11.5. The minimum Gasteiger partial charge on any atom is -0.396 e. The van der Waals surface area contributed by atoms with Crippen LogP contribution >= 0.6 is 0 Å². The lowest BCUT2D eigenvalue weighted by molar-refractivity contribution is -0.379. The van der Waals surface area contributed by atoms with Gasteiger partial charge in [-0.05, 0) is 31.7 Å². The summed E-state index contributed by atoms with van der Waals surface area (Å²) in [5, 5.41) is 84.9. The summed E-state index contributed by atoms with van der Waals surface area (Å²) >= 11 is 0. The zero-order valence-corrected chi connectivity index (χ0v) is 26.3. The van der Waals surface area contributed by atoms with Crippen LogP contribution in [0.5, 0.6) is 0 Å². The molecule has 1 saturated carbocycles. The van der Waals surface area contributed by atoms with Crippen LogP contribution in [0.2, 0.25) is 0 Å². The minimum absolute atomic E-state index is 0.0741. The number of hydrogen-bond acceptors (Lipinski definition) is 14. The van der Waals surface area contributed by atoms with E-state index < -0.39 is 110 Å². The molecule has 5 unspecified atom stereocenters. The number of pyridine rings is 1. The van der Waals surface area contributed by atoms with Gasteiger partial charge < -0.3 is 59.8 Å². The van der Waals surface area contributed by atoms with Crippen LogP contribution in [-0.4, -0.2) is 128 Å². The third kappa shape index (κ3) is 8.18. The molecule has 45 heavy (non-hydrogen) atoms. The molecular formula is C30H50N2O13+. The predicted octanol–water partition coefficient (Wildman–Crippen LogP) is -2.19. The predicted molar refractivity (Wildman–Crippen MR) is 153 cm³/mol. The summed E-state index contributed by atoms with van der Waals surface area (Å²) in [6.45, 7) is 8.03. The third-order valence-corrected chi connectivity index (χ3v) is 8.93. The highest BCUT2D eigenvalue weighted by molar-refractivity contribution is 5.12. The number of nitrogens with one attached hydrogen (secondary N) is 2. The summed E-state index contributed by atoms with van der Waals surface area (Å²) in [5.41, 5.74) is 3.79. The van der Waals surface area contributed by atoms with E-state index in [0.29, 0.717) is 0 Å². The number of H-pyrrole nitrogens is 1. The standard InChI is InChI=1S/C30H49N2O13/c1-13-6-15(9-31-8-13)12-41-32-28-25(40)27(45-29-24(39)23(38)20(35)14(2)42-29)26(18(11-34)44-28)43-17-7-16(10-33)21(36)22(37)19(17)30(3,4)5/h6,8-9,14,16-24,26-29,32-40H,7,10-12H2,1-5H3/p+1/t14?,16?,17-,18?,19?,20+,21+,22+,23-,24?,26-,27+,28-,29-/m1/s1. The van der Waals surface area contributed by atoms with Crippen LogP contribution < -0.4 is 10.5 Å². The molecule has 2 aliphatic heterocycles. The zero-order chi connectivity index (χ0) is 33.2. The van der Waals surface area contributed by atoms with E-state index in [4.69, 9.17) is 23.8 Å². The molecule has 4 rings (SSSR count). The quantitative estimate of drug-likeness (QED) is 0.123. The molecule has 3 fully saturated rings. The maximum atomic E-state index is 11.5. The van der Waals surface area contributed by atoms with Crippen molar-refractivity contribution in [3.05, 3.63) is 35.7 Å². The van der Waals surface area contributed by atoms with Crippen molar-refractivity contribution < 1.29 is 69.6 Å². The Bertz CT molecular complexity index is 1080. The Balaban J connectivity index is 1.62. The van der Waals surface area contributed by atoms with Crippen molar-refractivity contribution in [2.24, 2.45) is 17.3 Å². The highest BCUT2D eigenvalue weighted by Gasteiger charge is 2.55. The Labute approximate surface area is 262 Å². The van der Waals surface area contributed by atoms with Gasteiger partial charge in [0.25, 0.3) is 0 Å². The molecule has 1 aromatic rings. The summed E-state index contributed by atoms with van der Waals surface area (Å²) in [6, 6.07) is 1.89. The molecule has 14 atom stereocenters. The first kappa shape index (κ1) is 36.4. The van der Waals surface area contributed by atoms with E-state index in [1.165, 1.54) is 6.92 Å². The fourth-order valence-electron chi connectivity index (χ4n) is 6.48. The van der Waals surface area contributed by atoms with Crippen LogP contribution in [0.3, 0.4) is 0 Å². The van der Waals surface area contributed by atoms with Crippen molar-refractivity contribution >= 4 is 0 Å². The van der Waals surface area contributed by atoms with Crippen molar-refractivity contribution in [2.45, 2.75) is 121 Å². The number of aromatic amines is 1. The second kappa shape index (κ2) is 15.2. The number of aliphatic hydroxyl groups is 8. The highest BCUT2D eigenvalue weighted by atomic mass is 16.7. The first-order valence-corrected chi connectivity index (χ1v) is 15.3. The Kier molecular flexibility index (Phi) is 12.3. The topological polar surface area (TPSA) is 234 Å². The van der Waals surface area contributed by atoms with Gasteiger partial charge in [-0.15, -0.1) is 0 Å². The second-order valence-electron chi connectivity index (χ2n) is 13.4. The second-order valence-corrected chi connectivity index (χ2v) is 13.4. The average Bonchev–Trinajstić information content (AvgIpc) is 2.98. The summed E-state index contributed by atoms with van der Waals surface area (Å²) < 4.78 is 24.1. The van der Waals surface area contributed by atoms with E-state index in [1.54, 1.807) is 6.20 Å². The van der Waals surface area contributed by atoms with Crippen LogP contribution in [0.15, 0.2) is 18.5 Å². The summed E-state index contributed by atoms with van der Waals surface area (Å²) in [5.74, 6) is -1.38. The molecule has 10 N–H and O–H groups in total. The monoisotopic (exact) mass is 646 g/mol. The van der Waals surface area contributed by atoms with Crippen molar-refractivity contribution in [3.8, 4) is 0 Å². The molecule has 257 valence electrons. The fraction of sp³-hybridized carbons (Fsp3) is 0.800. The van der Waals surface area contributed by atoms with Gasteiger partial charge in [-0.2, -0.15) is 5.48 Å². The van der Waals surface area contributed by atoms with Gasteiger partial charge in [-0.3, -0.25) is 4.84 Å². The number of hydrogen-bond donors (Lipinski definition) is 9. The molecule has 15 nitrogen and oxygen atoms in total. The number of aliphatic hydroxyl groups excluding tert-OH is 8. The molecule has 3 aliphatic rings. The lowest BCUT2D eigenvalue weighted by Crippen LogP contribution is -2.65. The van der Waals surface area contributed by atoms with Gasteiger partial charge in [-0.1, -0.05) is 20.8 Å². The highest BCUT2D eigenvalue weighted by Crippen LogP contribution is 2.44.